The number of rotatable bonds is 4. The van der Waals surface area contributed by atoms with Gasteiger partial charge in [-0.2, -0.15) is 0 Å². The van der Waals surface area contributed by atoms with Gasteiger partial charge in [0, 0.05) is 18.0 Å². The van der Waals surface area contributed by atoms with Gasteiger partial charge in [0.05, 0.1) is 0 Å². The molecule has 1 aromatic carbocycles. The third-order valence-corrected chi connectivity index (χ3v) is 3.35. The molecule has 90 valence electrons. The summed E-state index contributed by atoms with van der Waals surface area (Å²) in [4.78, 5) is 23.5. The first kappa shape index (κ1) is 12.0. The Morgan fingerprint density at radius 2 is 1.76 bits per heavy atom. The SMILES string of the molecule is O=Cc1ccc(CN2CCC(C=O)CC2)cc1. The molecule has 0 radical (unpaired) electrons. The molecule has 1 fully saturated rings. The molecule has 0 amide bonds. The standard InChI is InChI=1S/C14H17NO2/c16-10-13-3-1-12(2-4-13)9-15-7-5-14(11-17)6-8-15/h1-4,10-11,14H,5-9H2. The number of hydrogen-bond acceptors (Lipinski definition) is 3. The highest BCUT2D eigenvalue weighted by molar-refractivity contribution is 5.74. The molecule has 0 N–H and O–H groups in total. The Kier molecular flexibility index (Phi) is 4.04. The number of hydrogen-bond donors (Lipinski definition) is 0. The summed E-state index contributed by atoms with van der Waals surface area (Å²) in [5, 5.41) is 0. The molecule has 1 aliphatic rings. The van der Waals surface area contributed by atoms with Crippen molar-refractivity contribution in [3.63, 3.8) is 0 Å². The molecule has 0 aliphatic carbocycles. The molecule has 2 rings (SSSR count). The van der Waals surface area contributed by atoms with Crippen molar-refractivity contribution < 1.29 is 9.59 Å². The zero-order chi connectivity index (χ0) is 12.1. The molecule has 0 bridgehead atoms. The minimum absolute atomic E-state index is 0.253. The Morgan fingerprint density at radius 1 is 1.12 bits per heavy atom. The van der Waals surface area contributed by atoms with E-state index in [2.05, 4.69) is 4.90 Å². The van der Waals surface area contributed by atoms with E-state index in [1.807, 2.05) is 24.3 Å². The second kappa shape index (κ2) is 5.73. The van der Waals surface area contributed by atoms with Crippen LogP contribution in [0.4, 0.5) is 0 Å². The highest BCUT2D eigenvalue weighted by atomic mass is 16.1. The van der Waals surface area contributed by atoms with E-state index in [0.29, 0.717) is 5.56 Å². The maximum absolute atomic E-state index is 10.6. The Hall–Kier alpha value is -1.48. The molecule has 3 nitrogen and oxygen atoms in total. The second-order valence-electron chi connectivity index (χ2n) is 4.61. The van der Waals surface area contributed by atoms with Crippen LogP contribution in [0.25, 0.3) is 0 Å². The predicted molar refractivity (Wildman–Crippen MR) is 65.9 cm³/mol. The summed E-state index contributed by atoms with van der Waals surface area (Å²) in [6.07, 6.45) is 3.88. The van der Waals surface area contributed by atoms with Crippen molar-refractivity contribution in [3.8, 4) is 0 Å². The highest BCUT2D eigenvalue weighted by Gasteiger charge is 2.18. The Balaban J connectivity index is 1.88. The first-order valence-electron chi connectivity index (χ1n) is 6.03. The first-order chi connectivity index (χ1) is 8.31. The Bertz CT molecular complexity index is 378. The van der Waals surface area contributed by atoms with Crippen molar-refractivity contribution in [1.29, 1.82) is 0 Å². The fourth-order valence-corrected chi connectivity index (χ4v) is 2.21. The van der Waals surface area contributed by atoms with Crippen molar-refractivity contribution in [2.24, 2.45) is 5.92 Å². The summed E-state index contributed by atoms with van der Waals surface area (Å²) in [6, 6.07) is 7.69. The summed E-state index contributed by atoms with van der Waals surface area (Å²) in [5.74, 6) is 0.253. The van der Waals surface area contributed by atoms with Gasteiger partial charge in [-0.25, -0.2) is 0 Å². The van der Waals surface area contributed by atoms with Crippen LogP contribution in [0.5, 0.6) is 0 Å². The van der Waals surface area contributed by atoms with Gasteiger partial charge in [0.25, 0.3) is 0 Å². The van der Waals surface area contributed by atoms with Crippen LogP contribution in [-0.2, 0) is 11.3 Å². The lowest BCUT2D eigenvalue weighted by Gasteiger charge is -2.29. The van der Waals surface area contributed by atoms with Crippen LogP contribution in [0.15, 0.2) is 24.3 Å². The highest BCUT2D eigenvalue weighted by Crippen LogP contribution is 2.17. The molecular weight excluding hydrogens is 214 g/mol. The maximum atomic E-state index is 10.6. The van der Waals surface area contributed by atoms with Crippen molar-refractivity contribution >= 4 is 12.6 Å². The summed E-state index contributed by atoms with van der Waals surface area (Å²) in [6.45, 7) is 2.88. The number of nitrogens with zero attached hydrogens (tertiary/aromatic N) is 1. The minimum atomic E-state index is 0.253. The molecule has 0 saturated carbocycles. The molecule has 1 aromatic rings. The van der Waals surface area contributed by atoms with Gasteiger partial charge in [-0.1, -0.05) is 24.3 Å². The quantitative estimate of drug-likeness (QED) is 0.743. The van der Waals surface area contributed by atoms with Crippen molar-refractivity contribution in [1.82, 2.24) is 4.90 Å². The van der Waals surface area contributed by atoms with E-state index in [1.54, 1.807) is 0 Å². The normalized spacial score (nSPS) is 17.9. The molecule has 0 spiro atoms. The predicted octanol–water partition coefficient (Wildman–Crippen LogP) is 1.91. The minimum Gasteiger partial charge on any atom is -0.303 e. The van der Waals surface area contributed by atoms with Crippen LogP contribution < -0.4 is 0 Å². The average Bonchev–Trinajstić information content (AvgIpc) is 2.40. The number of carbonyl (C=O) groups excluding carboxylic acids is 2. The molecule has 17 heavy (non-hydrogen) atoms. The van der Waals surface area contributed by atoms with Crippen LogP contribution >= 0.6 is 0 Å². The van der Waals surface area contributed by atoms with E-state index in [4.69, 9.17) is 0 Å². The molecule has 3 heteroatoms. The van der Waals surface area contributed by atoms with E-state index in [1.165, 1.54) is 5.56 Å². The summed E-state index contributed by atoms with van der Waals surface area (Å²) in [5.41, 5.74) is 1.94. The molecule has 1 aliphatic heterocycles. The average molecular weight is 231 g/mol. The van der Waals surface area contributed by atoms with E-state index in [9.17, 15) is 9.59 Å². The lowest BCUT2D eigenvalue weighted by molar-refractivity contribution is -0.112. The molecule has 1 heterocycles. The largest absolute Gasteiger partial charge is 0.303 e. The number of aldehydes is 2. The summed E-state index contributed by atoms with van der Waals surface area (Å²) in [7, 11) is 0. The number of carbonyl (C=O) groups is 2. The van der Waals surface area contributed by atoms with Crippen LogP contribution in [0.3, 0.4) is 0 Å². The lowest BCUT2D eigenvalue weighted by atomic mass is 9.98. The molecular formula is C14H17NO2. The van der Waals surface area contributed by atoms with Gasteiger partial charge in [-0.05, 0) is 31.5 Å². The summed E-state index contributed by atoms with van der Waals surface area (Å²) >= 11 is 0. The van der Waals surface area contributed by atoms with Crippen LogP contribution in [-0.4, -0.2) is 30.6 Å². The second-order valence-corrected chi connectivity index (χ2v) is 4.61. The van der Waals surface area contributed by atoms with Gasteiger partial charge in [0.1, 0.15) is 12.6 Å². The zero-order valence-electron chi connectivity index (χ0n) is 9.84. The number of likely N-dealkylation sites (tertiary alicyclic amines) is 1. The fourth-order valence-electron chi connectivity index (χ4n) is 2.21. The molecule has 1 saturated heterocycles. The Morgan fingerprint density at radius 3 is 2.29 bits per heavy atom. The third kappa shape index (κ3) is 3.24. The first-order valence-corrected chi connectivity index (χ1v) is 6.03. The molecule has 0 unspecified atom stereocenters. The van der Waals surface area contributed by atoms with Gasteiger partial charge in [-0.15, -0.1) is 0 Å². The van der Waals surface area contributed by atoms with E-state index in [-0.39, 0.29) is 5.92 Å². The van der Waals surface area contributed by atoms with Crippen molar-refractivity contribution in [2.45, 2.75) is 19.4 Å². The molecule has 0 aromatic heterocycles. The smallest absolute Gasteiger partial charge is 0.150 e. The van der Waals surface area contributed by atoms with Gasteiger partial charge < -0.3 is 4.79 Å². The third-order valence-electron chi connectivity index (χ3n) is 3.35. The topological polar surface area (TPSA) is 37.4 Å². The van der Waals surface area contributed by atoms with E-state index < -0.39 is 0 Å². The van der Waals surface area contributed by atoms with Crippen LogP contribution in [0, 0.1) is 5.92 Å². The van der Waals surface area contributed by atoms with Gasteiger partial charge in [0.15, 0.2) is 0 Å². The number of piperidine rings is 1. The fraction of sp³-hybridized carbons (Fsp3) is 0.429. The van der Waals surface area contributed by atoms with Gasteiger partial charge in [0.2, 0.25) is 0 Å². The van der Waals surface area contributed by atoms with E-state index in [0.717, 1.165) is 45.0 Å². The lowest BCUT2D eigenvalue weighted by Crippen LogP contribution is -2.33. The van der Waals surface area contributed by atoms with Crippen molar-refractivity contribution in [3.05, 3.63) is 35.4 Å². The monoisotopic (exact) mass is 231 g/mol. The van der Waals surface area contributed by atoms with Crippen LogP contribution in [0.2, 0.25) is 0 Å². The van der Waals surface area contributed by atoms with Gasteiger partial charge >= 0.3 is 0 Å². The van der Waals surface area contributed by atoms with Crippen molar-refractivity contribution in [2.75, 3.05) is 13.1 Å². The zero-order valence-corrected chi connectivity index (χ0v) is 9.84. The van der Waals surface area contributed by atoms with Crippen LogP contribution in [0.1, 0.15) is 28.8 Å². The molecule has 0 atom stereocenters. The Labute approximate surface area is 101 Å². The van der Waals surface area contributed by atoms with Gasteiger partial charge in [-0.3, -0.25) is 9.69 Å². The maximum Gasteiger partial charge on any atom is 0.150 e. The summed E-state index contributed by atoms with van der Waals surface area (Å²) < 4.78 is 0. The van der Waals surface area contributed by atoms with E-state index >= 15 is 0 Å². The number of benzene rings is 1.